The lowest BCUT2D eigenvalue weighted by Crippen LogP contribution is -2.36. The van der Waals surface area contributed by atoms with Gasteiger partial charge in [0.25, 0.3) is 0 Å². The SMILES string of the molecule is CC(C)(C)OC(=O)NNc1nc(C2CCCC2)nn2cccc12. The van der Waals surface area contributed by atoms with Gasteiger partial charge in [0.2, 0.25) is 0 Å². The predicted molar refractivity (Wildman–Crippen MR) is 87.2 cm³/mol. The van der Waals surface area contributed by atoms with Crippen LogP contribution in [0.15, 0.2) is 18.3 Å². The summed E-state index contributed by atoms with van der Waals surface area (Å²) in [5, 5.41) is 4.59. The normalized spacial score (nSPS) is 15.8. The number of nitrogens with one attached hydrogen (secondary N) is 2. The highest BCUT2D eigenvalue weighted by Gasteiger charge is 2.22. The number of anilines is 1. The van der Waals surface area contributed by atoms with Gasteiger partial charge in [0.15, 0.2) is 11.6 Å². The molecule has 0 saturated heterocycles. The number of carbonyl (C=O) groups is 1. The second-order valence-corrected chi connectivity index (χ2v) is 6.89. The first kappa shape index (κ1) is 15.6. The van der Waals surface area contributed by atoms with E-state index in [9.17, 15) is 4.79 Å². The van der Waals surface area contributed by atoms with Crippen LogP contribution in [0.25, 0.3) is 5.52 Å². The Hall–Kier alpha value is -2.31. The summed E-state index contributed by atoms with van der Waals surface area (Å²) in [6, 6.07) is 3.80. The lowest BCUT2D eigenvalue weighted by atomic mass is 10.1. The maximum atomic E-state index is 11.8. The molecule has 0 atom stereocenters. The van der Waals surface area contributed by atoms with Gasteiger partial charge >= 0.3 is 6.09 Å². The van der Waals surface area contributed by atoms with Crippen molar-refractivity contribution < 1.29 is 9.53 Å². The van der Waals surface area contributed by atoms with Crippen molar-refractivity contribution >= 4 is 17.4 Å². The molecule has 1 fully saturated rings. The minimum absolute atomic E-state index is 0.392. The second kappa shape index (κ2) is 6.06. The van der Waals surface area contributed by atoms with E-state index in [0.29, 0.717) is 11.7 Å². The van der Waals surface area contributed by atoms with Crippen molar-refractivity contribution in [2.24, 2.45) is 0 Å². The van der Waals surface area contributed by atoms with Gasteiger partial charge in [-0.1, -0.05) is 12.8 Å². The first-order valence-electron chi connectivity index (χ1n) is 8.03. The highest BCUT2D eigenvalue weighted by Crippen LogP contribution is 2.32. The molecule has 7 nitrogen and oxygen atoms in total. The van der Waals surface area contributed by atoms with Crippen LogP contribution in [0.5, 0.6) is 0 Å². The summed E-state index contributed by atoms with van der Waals surface area (Å²) in [5.41, 5.74) is 5.67. The third-order valence-corrected chi connectivity index (χ3v) is 3.81. The standard InChI is InChI=1S/C16H23N5O2/c1-16(2,3)23-15(22)19-18-14-12-9-6-10-21(12)20-13(17-14)11-7-4-5-8-11/h6,9-11H,4-5,7-8H2,1-3H3,(H,19,22)(H,17,18,20). The number of aromatic nitrogens is 3. The zero-order chi connectivity index (χ0) is 16.4. The molecular weight excluding hydrogens is 294 g/mol. The number of ether oxygens (including phenoxy) is 1. The molecule has 0 radical (unpaired) electrons. The highest BCUT2D eigenvalue weighted by atomic mass is 16.6. The van der Waals surface area contributed by atoms with E-state index in [1.54, 1.807) is 4.52 Å². The average Bonchev–Trinajstić information content (AvgIpc) is 3.13. The van der Waals surface area contributed by atoms with Crippen LogP contribution in [0.2, 0.25) is 0 Å². The molecular formula is C16H23N5O2. The highest BCUT2D eigenvalue weighted by molar-refractivity contribution is 5.73. The Morgan fingerprint density at radius 1 is 1.35 bits per heavy atom. The summed E-state index contributed by atoms with van der Waals surface area (Å²) in [5.74, 6) is 1.79. The van der Waals surface area contributed by atoms with Crippen LogP contribution in [0, 0.1) is 0 Å². The third-order valence-electron chi connectivity index (χ3n) is 3.81. The van der Waals surface area contributed by atoms with Crippen molar-refractivity contribution in [1.82, 2.24) is 20.0 Å². The lowest BCUT2D eigenvalue weighted by molar-refractivity contribution is 0.0541. The van der Waals surface area contributed by atoms with E-state index in [-0.39, 0.29) is 0 Å². The van der Waals surface area contributed by atoms with Gasteiger partial charge in [0.1, 0.15) is 11.1 Å². The van der Waals surface area contributed by atoms with Gasteiger partial charge < -0.3 is 4.74 Å². The van der Waals surface area contributed by atoms with E-state index < -0.39 is 11.7 Å². The van der Waals surface area contributed by atoms with Crippen molar-refractivity contribution in [3.8, 4) is 0 Å². The summed E-state index contributed by atoms with van der Waals surface area (Å²) in [6.07, 6.45) is 6.02. The Bertz CT molecular complexity index is 698. The number of carbonyl (C=O) groups excluding carboxylic acids is 1. The predicted octanol–water partition coefficient (Wildman–Crippen LogP) is 3.24. The average molecular weight is 317 g/mol. The zero-order valence-electron chi connectivity index (χ0n) is 13.8. The number of fused-ring (bicyclic) bond motifs is 1. The molecule has 2 heterocycles. The zero-order valence-corrected chi connectivity index (χ0v) is 13.8. The topological polar surface area (TPSA) is 80.5 Å². The number of hydrogen-bond donors (Lipinski definition) is 2. The van der Waals surface area contributed by atoms with Crippen molar-refractivity contribution in [3.05, 3.63) is 24.2 Å². The van der Waals surface area contributed by atoms with Crippen molar-refractivity contribution in [2.45, 2.75) is 58.0 Å². The summed E-state index contributed by atoms with van der Waals surface area (Å²) in [7, 11) is 0. The minimum atomic E-state index is -0.545. The fraction of sp³-hybridized carbons (Fsp3) is 0.562. The summed E-state index contributed by atoms with van der Waals surface area (Å²) < 4.78 is 7.01. The molecule has 1 aliphatic carbocycles. The van der Waals surface area contributed by atoms with E-state index in [2.05, 4.69) is 20.9 Å². The molecule has 7 heteroatoms. The molecule has 0 spiro atoms. The van der Waals surface area contributed by atoms with E-state index >= 15 is 0 Å². The number of hydrogen-bond acceptors (Lipinski definition) is 5. The van der Waals surface area contributed by atoms with Crippen LogP contribution in [0.4, 0.5) is 10.6 Å². The molecule has 0 aliphatic heterocycles. The number of rotatable bonds is 3. The molecule has 23 heavy (non-hydrogen) atoms. The first-order chi connectivity index (χ1) is 10.9. The minimum Gasteiger partial charge on any atom is -0.443 e. The van der Waals surface area contributed by atoms with Crippen molar-refractivity contribution in [2.75, 3.05) is 5.43 Å². The molecule has 0 aromatic carbocycles. The first-order valence-corrected chi connectivity index (χ1v) is 8.03. The maximum Gasteiger partial charge on any atom is 0.426 e. The lowest BCUT2D eigenvalue weighted by Gasteiger charge is -2.20. The molecule has 124 valence electrons. The van der Waals surface area contributed by atoms with E-state index in [1.165, 1.54) is 12.8 Å². The fourth-order valence-corrected chi connectivity index (χ4v) is 2.81. The Kier molecular flexibility index (Phi) is 4.11. The van der Waals surface area contributed by atoms with E-state index in [4.69, 9.17) is 4.74 Å². The largest absolute Gasteiger partial charge is 0.443 e. The van der Waals surface area contributed by atoms with E-state index in [0.717, 1.165) is 24.2 Å². The monoisotopic (exact) mass is 317 g/mol. The Labute approximate surface area is 135 Å². The maximum absolute atomic E-state index is 11.8. The van der Waals surface area contributed by atoms with Crippen LogP contribution in [-0.2, 0) is 4.74 Å². The Morgan fingerprint density at radius 2 is 2.09 bits per heavy atom. The van der Waals surface area contributed by atoms with Gasteiger partial charge in [-0.05, 0) is 45.7 Å². The van der Waals surface area contributed by atoms with Gasteiger partial charge in [0, 0.05) is 12.1 Å². The number of nitrogens with zero attached hydrogens (tertiary/aromatic N) is 3. The van der Waals surface area contributed by atoms with Crippen LogP contribution >= 0.6 is 0 Å². The quantitative estimate of drug-likeness (QED) is 0.849. The molecule has 2 aromatic rings. The van der Waals surface area contributed by atoms with Gasteiger partial charge in [-0.15, -0.1) is 0 Å². The summed E-state index contributed by atoms with van der Waals surface area (Å²) in [6.45, 7) is 5.46. The van der Waals surface area contributed by atoms with Crippen LogP contribution < -0.4 is 10.9 Å². The molecule has 3 rings (SSSR count). The van der Waals surface area contributed by atoms with Crippen molar-refractivity contribution in [3.63, 3.8) is 0 Å². The van der Waals surface area contributed by atoms with Crippen LogP contribution in [-0.4, -0.2) is 26.3 Å². The molecule has 1 amide bonds. The summed E-state index contributed by atoms with van der Waals surface area (Å²) >= 11 is 0. The van der Waals surface area contributed by atoms with Gasteiger partial charge in [0.05, 0.1) is 0 Å². The second-order valence-electron chi connectivity index (χ2n) is 6.89. The molecule has 0 unspecified atom stereocenters. The molecule has 2 N–H and O–H groups in total. The summed E-state index contributed by atoms with van der Waals surface area (Å²) in [4.78, 5) is 16.4. The van der Waals surface area contributed by atoms with Crippen molar-refractivity contribution in [1.29, 1.82) is 0 Å². The number of hydrazine groups is 1. The Balaban J connectivity index is 1.78. The number of amides is 1. The smallest absolute Gasteiger partial charge is 0.426 e. The van der Waals surface area contributed by atoms with E-state index in [1.807, 2.05) is 39.1 Å². The van der Waals surface area contributed by atoms with Gasteiger partial charge in [-0.25, -0.2) is 19.7 Å². The Morgan fingerprint density at radius 3 is 2.78 bits per heavy atom. The fourth-order valence-electron chi connectivity index (χ4n) is 2.81. The molecule has 1 saturated carbocycles. The van der Waals surface area contributed by atoms with Crippen LogP contribution in [0.3, 0.4) is 0 Å². The van der Waals surface area contributed by atoms with Crippen LogP contribution in [0.1, 0.15) is 58.2 Å². The molecule has 2 aromatic heterocycles. The van der Waals surface area contributed by atoms with Gasteiger partial charge in [-0.3, -0.25) is 5.43 Å². The molecule has 0 bridgehead atoms. The van der Waals surface area contributed by atoms with Gasteiger partial charge in [-0.2, -0.15) is 5.10 Å². The molecule has 1 aliphatic rings. The third kappa shape index (κ3) is 3.72.